The average molecular weight is 458 g/mol. The largest absolute Gasteiger partial charge is 0.493 e. The van der Waals surface area contributed by atoms with Crippen molar-refractivity contribution >= 4 is 52.5 Å². The Labute approximate surface area is 157 Å². The molecule has 1 aliphatic rings. The van der Waals surface area contributed by atoms with Crippen molar-refractivity contribution in [1.82, 2.24) is 9.80 Å². The number of methoxy groups -OCH3 is 1. The fourth-order valence-corrected chi connectivity index (χ4v) is 2.94. The minimum Gasteiger partial charge on any atom is -0.493 e. The molecule has 9 heteroatoms. The number of ether oxygens (including phenoxy) is 2. The number of imide groups is 2. The molecule has 0 spiro atoms. The molecule has 4 amide bonds. The topological polar surface area (TPSA) is 93.2 Å². The zero-order valence-corrected chi connectivity index (χ0v) is 16.1. The Morgan fingerprint density at radius 3 is 2.16 bits per heavy atom. The van der Waals surface area contributed by atoms with Gasteiger partial charge in [0.05, 0.1) is 10.7 Å². The number of likely N-dealkylation sites (N-methyl/N-ethyl adjacent to an activating group) is 2. The van der Waals surface area contributed by atoms with Crippen molar-refractivity contribution in [2.45, 2.75) is 6.92 Å². The molecule has 132 valence electrons. The molecule has 0 aromatic heterocycles. The van der Waals surface area contributed by atoms with Crippen LogP contribution in [0.25, 0.3) is 6.08 Å². The lowest BCUT2D eigenvalue weighted by Gasteiger charge is -2.28. The zero-order chi connectivity index (χ0) is 18.9. The summed E-state index contributed by atoms with van der Waals surface area (Å²) in [7, 11) is 4.01. The van der Waals surface area contributed by atoms with E-state index in [2.05, 4.69) is 0 Å². The van der Waals surface area contributed by atoms with Crippen molar-refractivity contribution in [2.75, 3.05) is 21.2 Å². The molecular weight excluding hydrogens is 443 g/mol. The number of hydrogen-bond acceptors (Lipinski definition) is 6. The Kier molecular flexibility index (Phi) is 5.45. The molecule has 1 aromatic rings. The molecule has 0 bridgehead atoms. The summed E-state index contributed by atoms with van der Waals surface area (Å²) >= 11 is 1.95. The molecule has 2 rings (SSSR count). The van der Waals surface area contributed by atoms with Crippen LogP contribution in [-0.4, -0.2) is 54.8 Å². The van der Waals surface area contributed by atoms with Crippen LogP contribution in [0.1, 0.15) is 12.5 Å². The molecular formula is C16H15IN2O6. The van der Waals surface area contributed by atoms with Gasteiger partial charge >= 0.3 is 12.0 Å². The predicted octanol–water partition coefficient (Wildman–Crippen LogP) is 1.66. The van der Waals surface area contributed by atoms with E-state index in [1.807, 2.05) is 22.6 Å². The highest BCUT2D eigenvalue weighted by Crippen LogP contribution is 2.35. The molecule has 8 nitrogen and oxygen atoms in total. The summed E-state index contributed by atoms with van der Waals surface area (Å²) in [5, 5.41) is 0. The van der Waals surface area contributed by atoms with E-state index in [1.165, 1.54) is 40.3 Å². The molecule has 0 aliphatic carbocycles. The summed E-state index contributed by atoms with van der Waals surface area (Å²) < 4.78 is 10.9. The zero-order valence-electron chi connectivity index (χ0n) is 14.0. The van der Waals surface area contributed by atoms with E-state index >= 15 is 0 Å². The van der Waals surface area contributed by atoms with Crippen LogP contribution < -0.4 is 9.47 Å². The molecule has 1 saturated heterocycles. The number of carbonyl (C=O) groups excluding carboxylic acids is 4. The highest BCUT2D eigenvalue weighted by molar-refractivity contribution is 14.1. The summed E-state index contributed by atoms with van der Waals surface area (Å²) in [5.41, 5.74) is 0.340. The van der Waals surface area contributed by atoms with Gasteiger partial charge < -0.3 is 9.47 Å². The third-order valence-corrected chi connectivity index (χ3v) is 4.25. The number of hydrogen-bond donors (Lipinski definition) is 0. The Balaban J connectivity index is 2.51. The molecule has 1 fully saturated rings. The Morgan fingerprint density at radius 1 is 1.12 bits per heavy atom. The molecule has 0 unspecified atom stereocenters. The molecule has 25 heavy (non-hydrogen) atoms. The number of barbiturate groups is 1. The van der Waals surface area contributed by atoms with E-state index in [0.717, 1.165) is 9.80 Å². The van der Waals surface area contributed by atoms with Crippen LogP contribution in [0.4, 0.5) is 4.79 Å². The van der Waals surface area contributed by atoms with Gasteiger partial charge in [0.15, 0.2) is 11.5 Å². The quantitative estimate of drug-likeness (QED) is 0.225. The summed E-state index contributed by atoms with van der Waals surface area (Å²) in [6.07, 6.45) is 1.37. The first-order valence-corrected chi connectivity index (χ1v) is 8.13. The summed E-state index contributed by atoms with van der Waals surface area (Å²) in [6.45, 7) is 1.27. The second-order valence-corrected chi connectivity index (χ2v) is 6.36. The number of benzene rings is 1. The van der Waals surface area contributed by atoms with Gasteiger partial charge in [0.2, 0.25) is 0 Å². The first kappa shape index (κ1) is 18.9. The van der Waals surface area contributed by atoms with Crippen LogP contribution in [0.15, 0.2) is 17.7 Å². The van der Waals surface area contributed by atoms with Gasteiger partial charge in [0, 0.05) is 21.0 Å². The van der Waals surface area contributed by atoms with Crippen LogP contribution in [0.3, 0.4) is 0 Å². The highest BCUT2D eigenvalue weighted by atomic mass is 127. The van der Waals surface area contributed by atoms with Crippen molar-refractivity contribution in [2.24, 2.45) is 0 Å². The molecule has 0 radical (unpaired) electrons. The van der Waals surface area contributed by atoms with E-state index in [4.69, 9.17) is 9.47 Å². The number of nitrogens with zero attached hydrogens (tertiary/aromatic N) is 2. The molecule has 0 N–H and O–H groups in total. The number of amides is 4. The molecule has 1 aliphatic heterocycles. The smallest absolute Gasteiger partial charge is 0.333 e. The predicted molar refractivity (Wildman–Crippen MR) is 95.9 cm³/mol. The van der Waals surface area contributed by atoms with E-state index in [-0.39, 0.29) is 17.1 Å². The fourth-order valence-electron chi connectivity index (χ4n) is 2.21. The lowest BCUT2D eigenvalue weighted by molar-refractivity contribution is -0.134. The fraction of sp³-hybridized carbons (Fsp3) is 0.250. The SMILES string of the molecule is COc1cc(C=C2C(=O)N(C)C(=O)N(C)C2=O)cc(I)c1OC(C)=O. The summed E-state index contributed by atoms with van der Waals surface area (Å²) in [5.74, 6) is -1.34. The minimum atomic E-state index is -0.690. The lowest BCUT2D eigenvalue weighted by atomic mass is 10.1. The van der Waals surface area contributed by atoms with Crippen LogP contribution in [0.2, 0.25) is 0 Å². The number of rotatable bonds is 3. The van der Waals surface area contributed by atoms with E-state index in [0.29, 0.717) is 9.13 Å². The van der Waals surface area contributed by atoms with Crippen LogP contribution in [-0.2, 0) is 14.4 Å². The van der Waals surface area contributed by atoms with Crippen LogP contribution in [0.5, 0.6) is 11.5 Å². The van der Waals surface area contributed by atoms with E-state index in [1.54, 1.807) is 6.07 Å². The summed E-state index contributed by atoms with van der Waals surface area (Å²) in [4.78, 5) is 49.2. The van der Waals surface area contributed by atoms with Crippen molar-refractivity contribution in [1.29, 1.82) is 0 Å². The van der Waals surface area contributed by atoms with Gasteiger partial charge in [-0.3, -0.25) is 24.2 Å². The number of carbonyl (C=O) groups is 4. The Hall–Kier alpha value is -2.43. The average Bonchev–Trinajstić information content (AvgIpc) is 2.56. The standard InChI is InChI=1S/C16H15IN2O6/c1-8(20)25-13-11(17)6-9(7-12(13)24-4)5-10-14(21)18(2)16(23)19(3)15(10)22/h5-7H,1-4H3. The van der Waals surface area contributed by atoms with Gasteiger partial charge in [0.1, 0.15) is 5.57 Å². The number of urea groups is 1. The number of esters is 1. The van der Waals surface area contributed by atoms with Crippen molar-refractivity contribution in [3.63, 3.8) is 0 Å². The van der Waals surface area contributed by atoms with Crippen molar-refractivity contribution in [3.8, 4) is 11.5 Å². The number of halogens is 1. The molecule has 0 atom stereocenters. The maximum Gasteiger partial charge on any atom is 0.333 e. The van der Waals surface area contributed by atoms with Gasteiger partial charge in [-0.1, -0.05) is 0 Å². The molecule has 1 heterocycles. The van der Waals surface area contributed by atoms with Crippen LogP contribution in [0, 0.1) is 3.57 Å². The van der Waals surface area contributed by atoms with Gasteiger partial charge in [-0.15, -0.1) is 0 Å². The van der Waals surface area contributed by atoms with Crippen molar-refractivity contribution < 1.29 is 28.7 Å². The maximum absolute atomic E-state index is 12.2. The van der Waals surface area contributed by atoms with E-state index in [9.17, 15) is 19.2 Å². The van der Waals surface area contributed by atoms with Gasteiger partial charge in [-0.05, 0) is 46.4 Å². The highest BCUT2D eigenvalue weighted by Gasteiger charge is 2.37. The van der Waals surface area contributed by atoms with Crippen molar-refractivity contribution in [3.05, 3.63) is 26.8 Å². The monoisotopic (exact) mass is 458 g/mol. The minimum absolute atomic E-state index is 0.150. The Bertz CT molecular complexity index is 791. The van der Waals surface area contributed by atoms with Crippen LogP contribution >= 0.6 is 22.6 Å². The van der Waals surface area contributed by atoms with Gasteiger partial charge in [-0.25, -0.2) is 4.79 Å². The first-order valence-electron chi connectivity index (χ1n) is 7.05. The first-order chi connectivity index (χ1) is 11.7. The Morgan fingerprint density at radius 2 is 1.68 bits per heavy atom. The van der Waals surface area contributed by atoms with E-state index < -0.39 is 23.8 Å². The lowest BCUT2D eigenvalue weighted by Crippen LogP contribution is -2.52. The maximum atomic E-state index is 12.2. The van der Waals surface area contributed by atoms with Gasteiger partial charge in [0.25, 0.3) is 11.8 Å². The second kappa shape index (κ2) is 7.21. The third kappa shape index (κ3) is 3.65. The van der Waals surface area contributed by atoms with Gasteiger partial charge in [-0.2, -0.15) is 0 Å². The normalized spacial score (nSPS) is 14.8. The molecule has 0 saturated carbocycles. The third-order valence-electron chi connectivity index (χ3n) is 3.45. The second-order valence-electron chi connectivity index (χ2n) is 5.20. The summed E-state index contributed by atoms with van der Waals surface area (Å²) in [6, 6.07) is 2.47. The molecule has 1 aromatic carbocycles.